The highest BCUT2D eigenvalue weighted by Gasteiger charge is 2.32. The highest BCUT2D eigenvalue weighted by molar-refractivity contribution is 4.69. The maximum absolute atomic E-state index is 2.45. The Kier molecular flexibility index (Phi) is 4.26. The van der Waals surface area contributed by atoms with Crippen LogP contribution in [0.15, 0.2) is 0 Å². The van der Waals surface area contributed by atoms with E-state index in [1.54, 1.807) is 0 Å². The van der Waals surface area contributed by atoms with Crippen molar-refractivity contribution in [3.05, 3.63) is 0 Å². The summed E-state index contributed by atoms with van der Waals surface area (Å²) in [5.74, 6) is 0.988. The molecule has 0 bridgehead atoms. The van der Waals surface area contributed by atoms with Gasteiger partial charge in [-0.3, -0.25) is 0 Å². The molecule has 0 aromatic carbocycles. The van der Waals surface area contributed by atoms with Crippen LogP contribution in [0.25, 0.3) is 0 Å². The zero-order valence-corrected chi connectivity index (χ0v) is 11.4. The average molecular weight is 226 g/mol. The summed E-state index contributed by atoms with van der Waals surface area (Å²) in [7, 11) is 0. The van der Waals surface area contributed by atoms with Crippen LogP contribution in [-0.4, -0.2) is 38.3 Å². The molecule has 2 rings (SSSR count). The summed E-state index contributed by atoms with van der Waals surface area (Å²) in [6, 6.07) is 1.82. The minimum atomic E-state index is 0.826. The third kappa shape index (κ3) is 2.98. The number of piperazine rings is 1. The monoisotopic (exact) mass is 226 g/mol. The first-order valence-electron chi connectivity index (χ1n) is 7.36. The molecule has 1 aliphatic carbocycles. The number of hydrogen-bond acceptors (Lipinski definition) is 0. The third-order valence-corrected chi connectivity index (χ3v) is 4.86. The van der Waals surface area contributed by atoms with Gasteiger partial charge in [0.2, 0.25) is 0 Å². The van der Waals surface area contributed by atoms with Gasteiger partial charge in [0.1, 0.15) is 26.2 Å². The molecule has 16 heavy (non-hydrogen) atoms. The Bertz CT molecular complexity index is 207. The summed E-state index contributed by atoms with van der Waals surface area (Å²) < 4.78 is 0. The van der Waals surface area contributed by atoms with Crippen LogP contribution in [0, 0.1) is 5.92 Å². The van der Waals surface area contributed by atoms with Crippen molar-refractivity contribution in [1.29, 1.82) is 0 Å². The highest BCUT2D eigenvalue weighted by atomic mass is 15.3. The number of rotatable bonds is 2. The SMILES string of the molecule is CC(C)[NH+]1CC[NH+]([C@H]2CCC[C@H](C)C2)CC1. The topological polar surface area (TPSA) is 8.88 Å². The lowest BCUT2D eigenvalue weighted by atomic mass is 9.86. The average Bonchev–Trinajstić information content (AvgIpc) is 2.29. The van der Waals surface area contributed by atoms with Crippen molar-refractivity contribution in [3.63, 3.8) is 0 Å². The Morgan fingerprint density at radius 2 is 1.69 bits per heavy atom. The molecule has 2 nitrogen and oxygen atoms in total. The molecular weight excluding hydrogens is 196 g/mol. The van der Waals surface area contributed by atoms with Gasteiger partial charge in [-0.15, -0.1) is 0 Å². The lowest BCUT2D eigenvalue weighted by molar-refractivity contribution is -1.03. The fourth-order valence-corrected chi connectivity index (χ4v) is 3.68. The van der Waals surface area contributed by atoms with Crippen LogP contribution in [0.1, 0.15) is 46.5 Å². The predicted octanol–water partition coefficient (Wildman–Crippen LogP) is -0.243. The fraction of sp³-hybridized carbons (Fsp3) is 1.00. The maximum Gasteiger partial charge on any atom is 0.127 e. The van der Waals surface area contributed by atoms with Gasteiger partial charge in [0, 0.05) is 6.42 Å². The zero-order chi connectivity index (χ0) is 11.5. The Balaban J connectivity index is 1.79. The molecule has 0 aromatic heterocycles. The van der Waals surface area contributed by atoms with Crippen LogP contribution >= 0.6 is 0 Å². The lowest BCUT2D eigenvalue weighted by Crippen LogP contribution is -3.30. The Morgan fingerprint density at radius 1 is 1.00 bits per heavy atom. The van der Waals surface area contributed by atoms with Gasteiger partial charge in [-0.05, 0) is 32.6 Å². The van der Waals surface area contributed by atoms with Crippen molar-refractivity contribution < 1.29 is 9.80 Å². The Labute approximate surface area is 101 Å². The minimum Gasteiger partial charge on any atom is -0.324 e. The van der Waals surface area contributed by atoms with Crippen molar-refractivity contribution >= 4 is 0 Å². The summed E-state index contributed by atoms with van der Waals surface area (Å²) in [6.07, 6.45) is 5.95. The summed E-state index contributed by atoms with van der Waals surface area (Å²) in [6.45, 7) is 12.8. The van der Waals surface area contributed by atoms with E-state index in [0.29, 0.717) is 0 Å². The number of nitrogens with one attached hydrogen (secondary N) is 2. The van der Waals surface area contributed by atoms with Gasteiger partial charge < -0.3 is 9.80 Å². The molecule has 1 saturated heterocycles. The Hall–Kier alpha value is -0.0800. The normalized spacial score (nSPS) is 41.2. The molecule has 1 heterocycles. The summed E-state index contributed by atoms with van der Waals surface area (Å²) in [5.41, 5.74) is 0. The summed E-state index contributed by atoms with van der Waals surface area (Å²) in [4.78, 5) is 3.75. The van der Waals surface area contributed by atoms with Crippen LogP contribution < -0.4 is 9.80 Å². The second-order valence-corrected chi connectivity index (χ2v) is 6.44. The van der Waals surface area contributed by atoms with E-state index in [1.165, 1.54) is 51.9 Å². The molecule has 1 saturated carbocycles. The van der Waals surface area contributed by atoms with Crippen LogP contribution in [-0.2, 0) is 0 Å². The van der Waals surface area contributed by atoms with E-state index >= 15 is 0 Å². The molecule has 0 spiro atoms. The molecule has 0 unspecified atom stereocenters. The van der Waals surface area contributed by atoms with Crippen LogP contribution in [0.4, 0.5) is 0 Å². The van der Waals surface area contributed by atoms with Crippen molar-refractivity contribution in [2.45, 2.75) is 58.5 Å². The van der Waals surface area contributed by atoms with E-state index in [2.05, 4.69) is 20.8 Å². The van der Waals surface area contributed by atoms with E-state index in [4.69, 9.17) is 0 Å². The molecular formula is C14H30N2+2. The van der Waals surface area contributed by atoms with Crippen molar-refractivity contribution in [1.82, 2.24) is 0 Å². The predicted molar refractivity (Wildman–Crippen MR) is 67.9 cm³/mol. The van der Waals surface area contributed by atoms with Gasteiger partial charge in [0.15, 0.2) is 0 Å². The number of quaternary nitrogens is 2. The molecule has 1 aliphatic heterocycles. The van der Waals surface area contributed by atoms with Gasteiger partial charge >= 0.3 is 0 Å². The van der Waals surface area contributed by atoms with Crippen molar-refractivity contribution in [2.75, 3.05) is 26.2 Å². The third-order valence-electron chi connectivity index (χ3n) is 4.86. The summed E-state index contributed by atoms with van der Waals surface area (Å²) >= 11 is 0. The maximum atomic E-state index is 2.45. The van der Waals surface area contributed by atoms with Gasteiger partial charge in [-0.1, -0.05) is 13.3 Å². The fourth-order valence-electron chi connectivity index (χ4n) is 3.68. The quantitative estimate of drug-likeness (QED) is 0.643. The molecule has 2 aliphatic rings. The largest absolute Gasteiger partial charge is 0.324 e. The van der Waals surface area contributed by atoms with Gasteiger partial charge in [-0.2, -0.15) is 0 Å². The second kappa shape index (κ2) is 5.50. The van der Waals surface area contributed by atoms with Crippen LogP contribution in [0.5, 0.6) is 0 Å². The van der Waals surface area contributed by atoms with E-state index in [0.717, 1.165) is 18.0 Å². The standard InChI is InChI=1S/C14H28N2/c1-12(2)15-7-9-16(10-8-15)14-6-4-5-13(3)11-14/h12-14H,4-11H2,1-3H3/p+2/t13-,14-/m0/s1. The summed E-state index contributed by atoms with van der Waals surface area (Å²) in [5, 5.41) is 0. The van der Waals surface area contributed by atoms with Crippen molar-refractivity contribution in [3.8, 4) is 0 Å². The van der Waals surface area contributed by atoms with E-state index in [1.807, 2.05) is 9.80 Å². The Morgan fingerprint density at radius 3 is 2.25 bits per heavy atom. The first-order valence-corrected chi connectivity index (χ1v) is 7.36. The number of hydrogen-bond donors (Lipinski definition) is 2. The molecule has 2 N–H and O–H groups in total. The molecule has 0 amide bonds. The smallest absolute Gasteiger partial charge is 0.127 e. The molecule has 0 radical (unpaired) electrons. The van der Waals surface area contributed by atoms with Gasteiger partial charge in [-0.25, -0.2) is 0 Å². The second-order valence-electron chi connectivity index (χ2n) is 6.44. The molecule has 2 heteroatoms. The van der Waals surface area contributed by atoms with Crippen LogP contribution in [0.3, 0.4) is 0 Å². The molecule has 0 aromatic rings. The van der Waals surface area contributed by atoms with E-state index in [-0.39, 0.29) is 0 Å². The lowest BCUT2D eigenvalue weighted by Gasteiger charge is -2.38. The molecule has 2 atom stereocenters. The van der Waals surface area contributed by atoms with Gasteiger partial charge in [0.25, 0.3) is 0 Å². The first kappa shape index (κ1) is 12.4. The van der Waals surface area contributed by atoms with Gasteiger partial charge in [0.05, 0.1) is 12.1 Å². The zero-order valence-electron chi connectivity index (χ0n) is 11.4. The van der Waals surface area contributed by atoms with Crippen molar-refractivity contribution in [2.24, 2.45) is 5.92 Å². The van der Waals surface area contributed by atoms with Crippen LogP contribution in [0.2, 0.25) is 0 Å². The van der Waals surface area contributed by atoms with E-state index < -0.39 is 0 Å². The molecule has 94 valence electrons. The van der Waals surface area contributed by atoms with E-state index in [9.17, 15) is 0 Å². The highest BCUT2D eigenvalue weighted by Crippen LogP contribution is 2.21. The molecule has 2 fully saturated rings. The first-order chi connectivity index (χ1) is 7.66. The minimum absolute atomic E-state index is 0.826.